The number of hydrogen-bond acceptors (Lipinski definition) is 6. The lowest BCUT2D eigenvalue weighted by Gasteiger charge is -2.17. The van der Waals surface area contributed by atoms with Crippen molar-refractivity contribution in [1.82, 2.24) is 9.97 Å². The number of benzene rings is 2. The van der Waals surface area contributed by atoms with Gasteiger partial charge in [-0.25, -0.2) is 4.98 Å². The Morgan fingerprint density at radius 3 is 2.53 bits per heavy atom. The highest BCUT2D eigenvalue weighted by Crippen LogP contribution is 2.36. The van der Waals surface area contributed by atoms with Gasteiger partial charge in [-0.1, -0.05) is 24.6 Å². The predicted octanol–water partition coefficient (Wildman–Crippen LogP) is 4.85. The highest BCUT2D eigenvalue weighted by atomic mass is 32.2. The van der Waals surface area contributed by atoms with Crippen LogP contribution in [-0.4, -0.2) is 18.4 Å². The Morgan fingerprint density at radius 1 is 1.09 bits per heavy atom. The van der Waals surface area contributed by atoms with E-state index in [1.54, 1.807) is 47.7 Å². The van der Waals surface area contributed by atoms with Gasteiger partial charge in [-0.05, 0) is 74.1 Å². The lowest BCUT2D eigenvalue weighted by molar-refractivity contribution is 0.486. The van der Waals surface area contributed by atoms with Gasteiger partial charge in [0.25, 0.3) is 5.56 Å². The topological polar surface area (TPSA) is 89.1 Å². The maximum absolute atomic E-state index is 12.8. The van der Waals surface area contributed by atoms with Crippen LogP contribution in [0.5, 0.6) is 5.75 Å². The summed E-state index contributed by atoms with van der Waals surface area (Å²) >= 11 is 1.60. The molecule has 0 bridgehead atoms. The van der Waals surface area contributed by atoms with E-state index in [9.17, 15) is 13.2 Å². The Balaban J connectivity index is 1.44. The molecule has 0 aliphatic heterocycles. The van der Waals surface area contributed by atoms with Gasteiger partial charge in [0.1, 0.15) is 21.3 Å². The lowest BCUT2D eigenvalue weighted by Crippen LogP contribution is -2.13. The largest absolute Gasteiger partial charge is 0.379 e. The van der Waals surface area contributed by atoms with Crippen molar-refractivity contribution in [2.45, 2.75) is 38.0 Å². The van der Waals surface area contributed by atoms with E-state index in [2.05, 4.69) is 11.9 Å². The summed E-state index contributed by atoms with van der Waals surface area (Å²) in [7, 11) is -3.92. The lowest BCUT2D eigenvalue weighted by atomic mass is 9.89. The van der Waals surface area contributed by atoms with Crippen molar-refractivity contribution in [1.29, 1.82) is 0 Å². The molecule has 32 heavy (non-hydrogen) atoms. The summed E-state index contributed by atoms with van der Waals surface area (Å²) in [4.78, 5) is 22.5. The molecule has 0 amide bonds. The zero-order chi connectivity index (χ0) is 22.5. The Hall–Kier alpha value is -2.97. The molecule has 0 saturated heterocycles. The highest BCUT2D eigenvalue weighted by molar-refractivity contribution is 7.87. The third kappa shape index (κ3) is 3.84. The average Bonchev–Trinajstić information content (AvgIpc) is 3.12. The minimum absolute atomic E-state index is 0.0969. The van der Waals surface area contributed by atoms with Crippen LogP contribution in [0.2, 0.25) is 0 Å². The number of nitrogens with zero attached hydrogens (tertiary/aromatic N) is 1. The number of aromatic amines is 1. The molecule has 8 heteroatoms. The minimum atomic E-state index is -3.92. The fourth-order valence-electron chi connectivity index (χ4n) is 4.03. The Labute approximate surface area is 190 Å². The van der Waals surface area contributed by atoms with Gasteiger partial charge in [-0.3, -0.25) is 4.79 Å². The van der Waals surface area contributed by atoms with Crippen LogP contribution in [0.25, 0.3) is 21.6 Å². The predicted molar refractivity (Wildman–Crippen MR) is 126 cm³/mol. The first-order valence-corrected chi connectivity index (χ1v) is 12.7. The van der Waals surface area contributed by atoms with E-state index in [4.69, 9.17) is 9.17 Å². The van der Waals surface area contributed by atoms with Crippen LogP contribution in [0.15, 0.2) is 58.2 Å². The van der Waals surface area contributed by atoms with E-state index in [1.165, 1.54) is 17.0 Å². The molecule has 1 aliphatic rings. The van der Waals surface area contributed by atoms with Crippen LogP contribution in [0.1, 0.15) is 29.3 Å². The van der Waals surface area contributed by atoms with Crippen molar-refractivity contribution >= 4 is 31.7 Å². The maximum atomic E-state index is 12.8. The molecule has 0 radical (unpaired) electrons. The molecule has 6 nitrogen and oxygen atoms in total. The zero-order valence-electron chi connectivity index (χ0n) is 17.7. The molecule has 5 rings (SSSR count). The molecule has 2 aromatic carbocycles. The van der Waals surface area contributed by atoms with E-state index in [0.29, 0.717) is 22.7 Å². The molecule has 1 unspecified atom stereocenters. The van der Waals surface area contributed by atoms with E-state index in [0.717, 1.165) is 35.2 Å². The van der Waals surface area contributed by atoms with Gasteiger partial charge >= 0.3 is 10.1 Å². The number of hydrogen-bond donors (Lipinski definition) is 1. The normalized spacial score (nSPS) is 16.1. The smallest absolute Gasteiger partial charge is 0.339 e. The number of thiophene rings is 1. The second-order valence-corrected chi connectivity index (χ2v) is 11.0. The Kier molecular flexibility index (Phi) is 5.14. The minimum Gasteiger partial charge on any atom is -0.379 e. The summed E-state index contributed by atoms with van der Waals surface area (Å²) in [6.07, 6.45) is 3.00. The summed E-state index contributed by atoms with van der Waals surface area (Å²) in [6.45, 7) is 4.12. The molecule has 0 spiro atoms. The summed E-state index contributed by atoms with van der Waals surface area (Å²) < 4.78 is 30.3. The van der Waals surface area contributed by atoms with Gasteiger partial charge in [0.05, 0.1) is 5.39 Å². The number of aryl methyl sites for hydroxylation is 2. The summed E-state index contributed by atoms with van der Waals surface area (Å²) in [6, 6.07) is 13.0. The highest BCUT2D eigenvalue weighted by Gasteiger charge is 2.23. The molecule has 2 aromatic heterocycles. The third-order valence-electron chi connectivity index (χ3n) is 5.81. The fraction of sp³-hybridized carbons (Fsp3) is 0.250. The first-order valence-electron chi connectivity index (χ1n) is 10.5. The van der Waals surface area contributed by atoms with Crippen LogP contribution >= 0.6 is 11.3 Å². The van der Waals surface area contributed by atoms with Crippen molar-refractivity contribution in [2.24, 2.45) is 5.92 Å². The molecule has 164 valence electrons. The van der Waals surface area contributed by atoms with E-state index in [-0.39, 0.29) is 16.2 Å². The van der Waals surface area contributed by atoms with Crippen molar-refractivity contribution < 1.29 is 12.6 Å². The summed E-state index contributed by atoms with van der Waals surface area (Å²) in [5, 5.41) is 0.713. The van der Waals surface area contributed by atoms with Gasteiger partial charge in [-0.15, -0.1) is 11.3 Å². The second kappa shape index (κ2) is 7.86. The van der Waals surface area contributed by atoms with Crippen molar-refractivity contribution in [2.75, 3.05) is 0 Å². The molecule has 1 aliphatic carbocycles. The van der Waals surface area contributed by atoms with Crippen molar-refractivity contribution in [3.05, 3.63) is 74.9 Å². The molecule has 1 N–H and O–H groups in total. The molecule has 1 atom stereocenters. The van der Waals surface area contributed by atoms with Crippen molar-refractivity contribution in [3.63, 3.8) is 0 Å². The van der Waals surface area contributed by atoms with E-state index in [1.807, 2.05) is 6.92 Å². The summed E-state index contributed by atoms with van der Waals surface area (Å²) in [5.41, 5.74) is 2.67. The average molecular weight is 467 g/mol. The number of nitrogens with one attached hydrogen (secondary N) is 1. The standard InChI is InChI=1S/C24H22N2O4S2/c1-14-3-10-18(11-4-14)32(28,29)30-17-8-6-16(7-9-17)22-25-23(27)21-19-12-5-15(2)13-20(19)31-24(21)26-22/h3-4,6-11,15H,5,12-13H2,1-2H3,(H,25,26,27). The maximum Gasteiger partial charge on any atom is 0.339 e. The number of aromatic nitrogens is 2. The Bertz CT molecular complexity index is 1470. The molecular weight excluding hydrogens is 444 g/mol. The molecule has 0 fully saturated rings. The van der Waals surface area contributed by atoms with Crippen molar-refractivity contribution in [3.8, 4) is 17.1 Å². The number of rotatable bonds is 4. The monoisotopic (exact) mass is 466 g/mol. The third-order valence-corrected chi connectivity index (χ3v) is 8.22. The van der Waals surface area contributed by atoms with E-state index >= 15 is 0 Å². The first kappa shape index (κ1) is 20.9. The van der Waals surface area contributed by atoms with Crippen LogP contribution in [0.4, 0.5) is 0 Å². The van der Waals surface area contributed by atoms with Crippen LogP contribution in [-0.2, 0) is 23.0 Å². The molecular formula is C24H22N2O4S2. The van der Waals surface area contributed by atoms with Crippen LogP contribution < -0.4 is 9.74 Å². The van der Waals surface area contributed by atoms with Crippen LogP contribution in [0, 0.1) is 12.8 Å². The van der Waals surface area contributed by atoms with Gasteiger partial charge in [0.15, 0.2) is 0 Å². The molecule has 0 saturated carbocycles. The Morgan fingerprint density at radius 2 is 1.81 bits per heavy atom. The SMILES string of the molecule is Cc1ccc(S(=O)(=O)Oc2ccc(-c3nc4sc5c(c4c(=O)[nH]3)CCC(C)C5)cc2)cc1. The van der Waals surface area contributed by atoms with E-state index < -0.39 is 10.1 Å². The number of H-pyrrole nitrogens is 1. The summed E-state index contributed by atoms with van der Waals surface area (Å²) in [5.74, 6) is 1.28. The second-order valence-electron chi connectivity index (χ2n) is 8.32. The van der Waals surface area contributed by atoms with Gasteiger partial charge < -0.3 is 9.17 Å². The first-order chi connectivity index (χ1) is 15.3. The van der Waals surface area contributed by atoms with Gasteiger partial charge in [0, 0.05) is 10.4 Å². The van der Waals surface area contributed by atoms with Gasteiger partial charge in [0.2, 0.25) is 0 Å². The van der Waals surface area contributed by atoms with Gasteiger partial charge in [-0.2, -0.15) is 8.42 Å². The number of fused-ring (bicyclic) bond motifs is 3. The molecule has 2 heterocycles. The quantitative estimate of drug-likeness (QED) is 0.434. The van der Waals surface area contributed by atoms with Crippen LogP contribution in [0.3, 0.4) is 0 Å². The zero-order valence-corrected chi connectivity index (χ0v) is 19.3. The molecule has 4 aromatic rings. The fourth-order valence-corrected chi connectivity index (χ4v) is 6.35.